The van der Waals surface area contributed by atoms with Gasteiger partial charge in [0.05, 0.1) is 10.6 Å². The van der Waals surface area contributed by atoms with E-state index in [0.29, 0.717) is 4.90 Å². The molecule has 0 spiro atoms. The normalized spacial score (nSPS) is 12.4. The van der Waals surface area contributed by atoms with Gasteiger partial charge in [0.2, 0.25) is 0 Å². The predicted molar refractivity (Wildman–Crippen MR) is 167 cm³/mol. The summed E-state index contributed by atoms with van der Waals surface area (Å²) in [5.74, 6) is 0.108. The van der Waals surface area contributed by atoms with Crippen LogP contribution in [0.5, 0.6) is 0 Å². The molecule has 0 aliphatic heterocycles. The summed E-state index contributed by atoms with van der Waals surface area (Å²) in [4.78, 5) is 0.369. The lowest BCUT2D eigenvalue weighted by molar-refractivity contribution is 0.461. The SMILES string of the molecule is C=C(CCc1ccccc1)c1c(C=C(C)c2cccc(S(=O)(=O)CC(C)(C)C)c2)cccc1-c1ccccc1. The number of hydrogen-bond acceptors (Lipinski definition) is 2. The summed E-state index contributed by atoms with van der Waals surface area (Å²) in [6.45, 7) is 12.4. The van der Waals surface area contributed by atoms with Crippen LogP contribution >= 0.6 is 0 Å². The second-order valence-corrected chi connectivity index (χ2v) is 13.4. The van der Waals surface area contributed by atoms with Gasteiger partial charge < -0.3 is 0 Å². The van der Waals surface area contributed by atoms with Gasteiger partial charge in [-0.05, 0) is 81.8 Å². The molecule has 0 heterocycles. The van der Waals surface area contributed by atoms with Crippen LogP contribution in [0.1, 0.15) is 56.4 Å². The number of aryl methyl sites for hydroxylation is 1. The summed E-state index contributed by atoms with van der Waals surface area (Å²) in [6, 6.07) is 34.6. The second kappa shape index (κ2) is 12.0. The molecular formula is C36H38O2S. The summed E-state index contributed by atoms with van der Waals surface area (Å²) in [5.41, 5.74) is 8.48. The zero-order chi connectivity index (χ0) is 28.0. The molecule has 0 unspecified atom stereocenters. The average Bonchev–Trinajstić information content (AvgIpc) is 2.91. The lowest BCUT2D eigenvalue weighted by atomic mass is 9.87. The number of rotatable bonds is 9. The largest absolute Gasteiger partial charge is 0.224 e. The number of benzene rings is 4. The van der Waals surface area contributed by atoms with Gasteiger partial charge in [-0.1, -0.05) is 124 Å². The minimum atomic E-state index is -3.39. The van der Waals surface area contributed by atoms with Gasteiger partial charge in [0.15, 0.2) is 9.84 Å². The Morgan fingerprint density at radius 2 is 1.46 bits per heavy atom. The highest BCUT2D eigenvalue weighted by Crippen LogP contribution is 2.35. The summed E-state index contributed by atoms with van der Waals surface area (Å²) in [5, 5.41) is 0. The van der Waals surface area contributed by atoms with Crippen molar-refractivity contribution >= 4 is 27.1 Å². The number of allylic oxidation sites excluding steroid dienone is 2. The van der Waals surface area contributed by atoms with Gasteiger partial charge in [0.25, 0.3) is 0 Å². The molecule has 0 aliphatic rings. The molecule has 4 rings (SSSR count). The van der Waals surface area contributed by atoms with Gasteiger partial charge >= 0.3 is 0 Å². The molecule has 0 amide bonds. The van der Waals surface area contributed by atoms with Crippen molar-refractivity contribution < 1.29 is 8.42 Å². The highest BCUT2D eigenvalue weighted by Gasteiger charge is 2.24. The quantitative estimate of drug-likeness (QED) is 0.200. The molecule has 39 heavy (non-hydrogen) atoms. The summed E-state index contributed by atoms with van der Waals surface area (Å²) < 4.78 is 26.2. The molecule has 0 atom stereocenters. The first-order chi connectivity index (χ1) is 18.5. The van der Waals surface area contributed by atoms with E-state index in [1.165, 1.54) is 5.56 Å². The fraction of sp³-hybridized carbons (Fsp3) is 0.222. The maximum atomic E-state index is 13.1. The molecule has 0 saturated carbocycles. The van der Waals surface area contributed by atoms with E-state index in [1.807, 2.05) is 52.0 Å². The fourth-order valence-electron chi connectivity index (χ4n) is 4.91. The molecule has 0 aromatic heterocycles. The van der Waals surface area contributed by atoms with E-state index >= 15 is 0 Å². The van der Waals surface area contributed by atoms with E-state index in [1.54, 1.807) is 12.1 Å². The van der Waals surface area contributed by atoms with Crippen LogP contribution in [0.3, 0.4) is 0 Å². The first kappa shape index (κ1) is 28.3. The Morgan fingerprint density at radius 1 is 0.821 bits per heavy atom. The zero-order valence-corrected chi connectivity index (χ0v) is 24.3. The van der Waals surface area contributed by atoms with Crippen LogP contribution in [-0.4, -0.2) is 14.2 Å². The Morgan fingerprint density at radius 3 is 2.13 bits per heavy atom. The van der Waals surface area contributed by atoms with E-state index in [-0.39, 0.29) is 11.2 Å². The third-order valence-corrected chi connectivity index (χ3v) is 8.96. The Hall–Kier alpha value is -3.69. The van der Waals surface area contributed by atoms with Crippen molar-refractivity contribution in [1.82, 2.24) is 0 Å². The van der Waals surface area contributed by atoms with E-state index in [9.17, 15) is 8.42 Å². The van der Waals surface area contributed by atoms with Gasteiger partial charge in [-0.25, -0.2) is 8.42 Å². The van der Waals surface area contributed by atoms with Crippen molar-refractivity contribution in [3.8, 4) is 11.1 Å². The zero-order valence-electron chi connectivity index (χ0n) is 23.4. The maximum absolute atomic E-state index is 13.1. The van der Waals surface area contributed by atoms with Crippen molar-refractivity contribution in [2.45, 2.75) is 45.4 Å². The Kier molecular flexibility index (Phi) is 8.72. The van der Waals surface area contributed by atoms with Crippen LogP contribution in [0.15, 0.2) is 115 Å². The van der Waals surface area contributed by atoms with Crippen LogP contribution < -0.4 is 0 Å². The van der Waals surface area contributed by atoms with Gasteiger partial charge in [-0.2, -0.15) is 0 Å². The second-order valence-electron chi connectivity index (χ2n) is 11.4. The monoisotopic (exact) mass is 534 g/mol. The minimum absolute atomic E-state index is 0.108. The van der Waals surface area contributed by atoms with Crippen LogP contribution in [0.2, 0.25) is 0 Å². The van der Waals surface area contributed by atoms with Gasteiger partial charge in [0.1, 0.15) is 0 Å². The molecule has 4 aromatic carbocycles. The molecule has 0 aliphatic carbocycles. The van der Waals surface area contributed by atoms with Crippen LogP contribution in [0.4, 0.5) is 0 Å². The van der Waals surface area contributed by atoms with Crippen molar-refractivity contribution in [2.24, 2.45) is 5.41 Å². The van der Waals surface area contributed by atoms with Crippen molar-refractivity contribution in [1.29, 1.82) is 0 Å². The molecule has 0 N–H and O–H groups in total. The molecule has 0 fully saturated rings. The highest BCUT2D eigenvalue weighted by atomic mass is 32.2. The Bertz CT molecular complexity index is 1570. The molecule has 4 aromatic rings. The Balaban J connectivity index is 1.74. The molecule has 0 saturated heterocycles. The number of hydrogen-bond donors (Lipinski definition) is 0. The molecule has 2 nitrogen and oxygen atoms in total. The van der Waals surface area contributed by atoms with Crippen LogP contribution in [0, 0.1) is 5.41 Å². The third kappa shape index (κ3) is 7.46. The van der Waals surface area contributed by atoms with Gasteiger partial charge in [0, 0.05) is 0 Å². The first-order valence-electron chi connectivity index (χ1n) is 13.5. The molecule has 0 bridgehead atoms. The van der Waals surface area contributed by atoms with Crippen LogP contribution in [-0.2, 0) is 16.3 Å². The van der Waals surface area contributed by atoms with Gasteiger partial charge in [-0.15, -0.1) is 0 Å². The standard InChI is InChI=1S/C36H38O2S/c1-27(22-23-29-14-8-6-9-15-29)35-32(19-13-21-34(35)30-16-10-7-11-17-30)24-28(2)31-18-12-20-33(25-31)39(37,38)26-36(3,4)5/h6-21,24-25H,1,22-23,26H2,2-5H3. The third-order valence-electron chi connectivity index (χ3n) is 6.74. The van der Waals surface area contributed by atoms with Crippen LogP contribution in [0.25, 0.3) is 28.3 Å². The maximum Gasteiger partial charge on any atom is 0.178 e. The number of sulfone groups is 1. The first-order valence-corrected chi connectivity index (χ1v) is 15.1. The van der Waals surface area contributed by atoms with Crippen molar-refractivity contribution in [3.63, 3.8) is 0 Å². The molecular weight excluding hydrogens is 496 g/mol. The lowest BCUT2D eigenvalue weighted by Gasteiger charge is -2.18. The smallest absolute Gasteiger partial charge is 0.178 e. The topological polar surface area (TPSA) is 34.1 Å². The molecule has 0 radical (unpaired) electrons. The van der Waals surface area contributed by atoms with E-state index in [2.05, 4.69) is 79.4 Å². The predicted octanol–water partition coefficient (Wildman–Crippen LogP) is 9.38. The van der Waals surface area contributed by atoms with Crippen molar-refractivity contribution in [3.05, 3.63) is 132 Å². The lowest BCUT2D eigenvalue weighted by Crippen LogP contribution is -2.20. The minimum Gasteiger partial charge on any atom is -0.224 e. The summed E-state index contributed by atoms with van der Waals surface area (Å²) >= 11 is 0. The fourth-order valence-corrected chi connectivity index (χ4v) is 6.81. The molecule has 200 valence electrons. The Labute approximate surface area is 234 Å². The highest BCUT2D eigenvalue weighted by molar-refractivity contribution is 7.91. The average molecular weight is 535 g/mol. The summed E-state index contributed by atoms with van der Waals surface area (Å²) in [7, 11) is -3.39. The van der Waals surface area contributed by atoms with E-state index < -0.39 is 9.84 Å². The molecule has 3 heteroatoms. The van der Waals surface area contributed by atoms with Crippen molar-refractivity contribution in [2.75, 3.05) is 5.75 Å². The summed E-state index contributed by atoms with van der Waals surface area (Å²) in [6.07, 6.45) is 3.91. The van der Waals surface area contributed by atoms with Gasteiger partial charge in [-0.3, -0.25) is 0 Å². The van der Waals surface area contributed by atoms with E-state index in [4.69, 9.17) is 0 Å². The van der Waals surface area contributed by atoms with E-state index in [0.717, 1.165) is 51.8 Å².